The summed E-state index contributed by atoms with van der Waals surface area (Å²) in [6.07, 6.45) is 7.25. The van der Waals surface area contributed by atoms with Gasteiger partial charge in [0.1, 0.15) is 11.6 Å². The lowest BCUT2D eigenvalue weighted by molar-refractivity contribution is -0.122. The van der Waals surface area contributed by atoms with Crippen molar-refractivity contribution in [2.45, 2.75) is 84.2 Å². The van der Waals surface area contributed by atoms with Gasteiger partial charge in [-0.2, -0.15) is 5.10 Å². The number of amides is 1. The molecule has 1 aliphatic rings. The van der Waals surface area contributed by atoms with Gasteiger partial charge in [-0.3, -0.25) is 4.79 Å². The molecule has 2 aromatic heterocycles. The second-order valence-electron chi connectivity index (χ2n) is 9.84. The van der Waals surface area contributed by atoms with E-state index in [1.165, 1.54) is 0 Å². The number of hydrogen-bond acceptors (Lipinski definition) is 5. The van der Waals surface area contributed by atoms with Crippen molar-refractivity contribution in [1.82, 2.24) is 25.1 Å². The summed E-state index contributed by atoms with van der Waals surface area (Å²) in [5.41, 5.74) is 1.56. The van der Waals surface area contributed by atoms with Crippen molar-refractivity contribution in [2.24, 2.45) is 5.92 Å². The number of aromatic nitrogens is 4. The average molecular weight is 483 g/mol. The molecule has 0 saturated heterocycles. The van der Waals surface area contributed by atoms with Crippen LogP contribution in [0.3, 0.4) is 0 Å². The summed E-state index contributed by atoms with van der Waals surface area (Å²) in [5.74, 6) is 2.40. The number of nitrogens with one attached hydrogen (secondary N) is 2. The summed E-state index contributed by atoms with van der Waals surface area (Å²) in [5, 5.41) is 13.0. The maximum atomic E-state index is 12.2. The zero-order chi connectivity index (χ0) is 24.2. The van der Waals surface area contributed by atoms with Crippen LogP contribution < -0.4 is 10.6 Å². The van der Waals surface area contributed by atoms with Crippen LogP contribution in [0.25, 0.3) is 16.7 Å². The van der Waals surface area contributed by atoms with Crippen LogP contribution in [0.5, 0.6) is 0 Å². The first-order chi connectivity index (χ1) is 16.4. The quantitative estimate of drug-likeness (QED) is 0.419. The Balaban J connectivity index is 1.56. The van der Waals surface area contributed by atoms with Crippen LogP contribution in [0.1, 0.15) is 78.0 Å². The van der Waals surface area contributed by atoms with Crippen molar-refractivity contribution in [3.8, 4) is 5.69 Å². The summed E-state index contributed by atoms with van der Waals surface area (Å²) in [4.78, 5) is 22.0. The molecule has 0 spiro atoms. The van der Waals surface area contributed by atoms with Gasteiger partial charge in [0.05, 0.1) is 22.3 Å². The highest BCUT2D eigenvalue weighted by Crippen LogP contribution is 2.30. The van der Waals surface area contributed by atoms with E-state index in [9.17, 15) is 4.79 Å². The van der Waals surface area contributed by atoms with E-state index in [0.29, 0.717) is 23.4 Å². The first kappa shape index (κ1) is 24.5. The predicted molar refractivity (Wildman–Crippen MR) is 138 cm³/mol. The molecule has 1 fully saturated rings. The van der Waals surface area contributed by atoms with Crippen molar-refractivity contribution in [1.29, 1.82) is 0 Å². The minimum Gasteiger partial charge on any atom is -0.367 e. The standard InChI is InChI=1S/C26H35ClN6O/c1-5-17(4)24-31-25(30-19-12-10-18(11-13-19)29-23(34)14-16(2)3)20-15-28-33(26(20)32-24)22-9-7-6-8-21(22)27/h6-9,15-19H,5,10-14H2,1-4H3,(H,29,34)(H,30,31,32)/t17-,18?,19?/m1/s1. The molecular formula is C26H35ClN6O. The molecular weight excluding hydrogens is 448 g/mol. The molecule has 0 bridgehead atoms. The molecule has 1 saturated carbocycles. The van der Waals surface area contributed by atoms with Crippen molar-refractivity contribution in [2.75, 3.05) is 5.32 Å². The van der Waals surface area contributed by atoms with Crippen molar-refractivity contribution in [3.05, 3.63) is 41.3 Å². The lowest BCUT2D eigenvalue weighted by Crippen LogP contribution is -2.40. The molecule has 4 rings (SSSR count). The maximum Gasteiger partial charge on any atom is 0.220 e. The summed E-state index contributed by atoms with van der Waals surface area (Å²) in [6.45, 7) is 8.44. The molecule has 1 aliphatic carbocycles. The number of nitrogens with zero attached hydrogens (tertiary/aromatic N) is 4. The van der Waals surface area contributed by atoms with E-state index in [-0.39, 0.29) is 17.9 Å². The number of anilines is 1. The highest BCUT2D eigenvalue weighted by Gasteiger charge is 2.25. The van der Waals surface area contributed by atoms with Crippen LogP contribution in [0.4, 0.5) is 5.82 Å². The van der Waals surface area contributed by atoms with E-state index in [4.69, 9.17) is 21.6 Å². The highest BCUT2D eigenvalue weighted by atomic mass is 35.5. The van der Waals surface area contributed by atoms with E-state index in [0.717, 1.165) is 60.5 Å². The molecule has 1 amide bonds. The van der Waals surface area contributed by atoms with Crippen LogP contribution in [0.2, 0.25) is 5.02 Å². The largest absolute Gasteiger partial charge is 0.367 e. The maximum absolute atomic E-state index is 12.2. The third kappa shape index (κ3) is 5.52. The zero-order valence-electron chi connectivity index (χ0n) is 20.5. The van der Waals surface area contributed by atoms with Gasteiger partial charge >= 0.3 is 0 Å². The van der Waals surface area contributed by atoms with Gasteiger partial charge in [0, 0.05) is 24.4 Å². The number of hydrogen-bond donors (Lipinski definition) is 2. The second kappa shape index (κ2) is 10.7. The van der Waals surface area contributed by atoms with Crippen LogP contribution >= 0.6 is 11.6 Å². The second-order valence-corrected chi connectivity index (χ2v) is 10.3. The van der Waals surface area contributed by atoms with E-state index in [2.05, 4.69) is 43.4 Å². The Bertz CT molecular complexity index is 1140. The fourth-order valence-electron chi connectivity index (χ4n) is 4.47. The van der Waals surface area contributed by atoms with Gasteiger partial charge in [-0.15, -0.1) is 0 Å². The third-order valence-corrected chi connectivity index (χ3v) is 6.93. The number of rotatable bonds is 8. The molecule has 34 heavy (non-hydrogen) atoms. The van der Waals surface area contributed by atoms with Gasteiger partial charge in [0.25, 0.3) is 0 Å². The Morgan fingerprint density at radius 1 is 1.12 bits per heavy atom. The average Bonchev–Trinajstić information content (AvgIpc) is 3.23. The van der Waals surface area contributed by atoms with Gasteiger partial charge in [-0.1, -0.05) is 51.4 Å². The minimum atomic E-state index is 0.161. The minimum absolute atomic E-state index is 0.161. The molecule has 0 radical (unpaired) electrons. The number of para-hydroxylation sites is 1. The molecule has 8 heteroatoms. The Morgan fingerprint density at radius 2 is 1.82 bits per heavy atom. The number of halogens is 1. The summed E-state index contributed by atoms with van der Waals surface area (Å²) >= 11 is 6.47. The molecule has 182 valence electrons. The number of benzene rings is 1. The van der Waals surface area contributed by atoms with Crippen LogP contribution in [-0.4, -0.2) is 37.7 Å². The summed E-state index contributed by atoms with van der Waals surface area (Å²) in [6, 6.07) is 8.22. The first-order valence-electron chi connectivity index (χ1n) is 12.4. The Morgan fingerprint density at radius 3 is 2.50 bits per heavy atom. The van der Waals surface area contributed by atoms with Crippen LogP contribution in [0.15, 0.2) is 30.5 Å². The highest BCUT2D eigenvalue weighted by molar-refractivity contribution is 6.32. The van der Waals surface area contributed by atoms with E-state index >= 15 is 0 Å². The van der Waals surface area contributed by atoms with E-state index in [1.807, 2.05) is 30.5 Å². The third-order valence-electron chi connectivity index (χ3n) is 6.61. The lowest BCUT2D eigenvalue weighted by Gasteiger charge is -2.30. The first-order valence-corrected chi connectivity index (χ1v) is 12.8. The summed E-state index contributed by atoms with van der Waals surface area (Å²) < 4.78 is 1.80. The molecule has 3 aromatic rings. The van der Waals surface area contributed by atoms with Gasteiger partial charge in [-0.25, -0.2) is 14.6 Å². The molecule has 7 nitrogen and oxygen atoms in total. The van der Waals surface area contributed by atoms with Crippen LogP contribution in [0, 0.1) is 5.92 Å². The summed E-state index contributed by atoms with van der Waals surface area (Å²) in [7, 11) is 0. The molecule has 1 atom stereocenters. The fraction of sp³-hybridized carbons (Fsp3) is 0.538. The molecule has 0 unspecified atom stereocenters. The van der Waals surface area contributed by atoms with Crippen LogP contribution in [-0.2, 0) is 4.79 Å². The molecule has 2 heterocycles. The molecule has 0 aliphatic heterocycles. The lowest BCUT2D eigenvalue weighted by atomic mass is 9.91. The van der Waals surface area contributed by atoms with Gasteiger partial charge in [-0.05, 0) is 50.2 Å². The monoisotopic (exact) mass is 482 g/mol. The Labute approximate surface area is 206 Å². The number of carbonyl (C=O) groups is 1. The van der Waals surface area contributed by atoms with Crippen molar-refractivity contribution in [3.63, 3.8) is 0 Å². The fourth-order valence-corrected chi connectivity index (χ4v) is 4.69. The smallest absolute Gasteiger partial charge is 0.220 e. The predicted octanol–water partition coefficient (Wildman–Crippen LogP) is 5.87. The Hall–Kier alpha value is -2.67. The Kier molecular flexibility index (Phi) is 7.71. The topological polar surface area (TPSA) is 84.7 Å². The van der Waals surface area contributed by atoms with Crippen molar-refractivity contribution >= 4 is 34.4 Å². The number of fused-ring (bicyclic) bond motifs is 1. The normalized spacial score (nSPS) is 19.4. The van der Waals surface area contributed by atoms with Gasteiger partial charge in [0.2, 0.25) is 5.91 Å². The molecule has 1 aromatic carbocycles. The van der Waals surface area contributed by atoms with Crippen molar-refractivity contribution < 1.29 is 4.79 Å². The SMILES string of the molecule is CC[C@@H](C)c1nc(NC2CCC(NC(=O)CC(C)C)CC2)c2cnn(-c3ccccc3Cl)c2n1. The van der Waals surface area contributed by atoms with Gasteiger partial charge in [0.15, 0.2) is 5.65 Å². The van der Waals surface area contributed by atoms with E-state index in [1.54, 1.807) is 4.68 Å². The number of carbonyl (C=O) groups excluding carboxylic acids is 1. The molecule has 2 N–H and O–H groups in total. The van der Waals surface area contributed by atoms with E-state index < -0.39 is 0 Å². The zero-order valence-corrected chi connectivity index (χ0v) is 21.3. The van der Waals surface area contributed by atoms with Gasteiger partial charge < -0.3 is 10.6 Å².